The zero-order valence-corrected chi connectivity index (χ0v) is 12.2. The van der Waals surface area contributed by atoms with Gasteiger partial charge in [-0.05, 0) is 25.0 Å². The van der Waals surface area contributed by atoms with Crippen molar-refractivity contribution < 1.29 is 9.59 Å². The van der Waals surface area contributed by atoms with Crippen LogP contribution in [0.15, 0.2) is 30.3 Å². The van der Waals surface area contributed by atoms with Crippen molar-refractivity contribution >= 4 is 17.6 Å². The zero-order chi connectivity index (χ0) is 14.9. The lowest BCUT2D eigenvalue weighted by atomic mass is 10.1. The fourth-order valence-electron chi connectivity index (χ4n) is 2.56. The SMILES string of the molecule is O=C(CNC(=O)Nc1ccccc1)NC1CCCCCC1. The van der Waals surface area contributed by atoms with Crippen LogP contribution in [0, 0.1) is 0 Å². The predicted octanol–water partition coefficient (Wildman–Crippen LogP) is 2.65. The first kappa shape index (κ1) is 15.4. The lowest BCUT2D eigenvalue weighted by Gasteiger charge is -2.16. The summed E-state index contributed by atoms with van der Waals surface area (Å²) in [6.07, 6.45) is 6.94. The van der Waals surface area contributed by atoms with E-state index in [-0.39, 0.29) is 24.5 Å². The molecule has 5 nitrogen and oxygen atoms in total. The van der Waals surface area contributed by atoms with Crippen LogP contribution >= 0.6 is 0 Å². The number of hydrogen-bond acceptors (Lipinski definition) is 2. The number of rotatable bonds is 4. The molecule has 1 aromatic rings. The van der Waals surface area contributed by atoms with Gasteiger partial charge in [-0.15, -0.1) is 0 Å². The van der Waals surface area contributed by atoms with Gasteiger partial charge in [0.2, 0.25) is 5.91 Å². The summed E-state index contributed by atoms with van der Waals surface area (Å²) in [6.45, 7) is 0.00909. The van der Waals surface area contributed by atoms with E-state index in [1.54, 1.807) is 12.1 Å². The van der Waals surface area contributed by atoms with E-state index in [2.05, 4.69) is 16.0 Å². The fourth-order valence-corrected chi connectivity index (χ4v) is 2.56. The van der Waals surface area contributed by atoms with E-state index >= 15 is 0 Å². The Labute approximate surface area is 125 Å². The van der Waals surface area contributed by atoms with Crippen LogP contribution in [0.2, 0.25) is 0 Å². The van der Waals surface area contributed by atoms with E-state index < -0.39 is 0 Å². The van der Waals surface area contributed by atoms with Crippen LogP contribution < -0.4 is 16.0 Å². The maximum atomic E-state index is 11.8. The Bertz CT molecular complexity index is 454. The number of para-hydroxylation sites is 1. The molecule has 0 unspecified atom stereocenters. The van der Waals surface area contributed by atoms with Crippen molar-refractivity contribution in [2.45, 2.75) is 44.6 Å². The van der Waals surface area contributed by atoms with Gasteiger partial charge >= 0.3 is 6.03 Å². The number of carbonyl (C=O) groups is 2. The highest BCUT2D eigenvalue weighted by Gasteiger charge is 2.14. The summed E-state index contributed by atoms with van der Waals surface area (Å²) in [5.74, 6) is -0.120. The van der Waals surface area contributed by atoms with Gasteiger partial charge in [0.15, 0.2) is 0 Å². The number of nitrogens with one attached hydrogen (secondary N) is 3. The Morgan fingerprint density at radius 1 is 1.00 bits per heavy atom. The van der Waals surface area contributed by atoms with E-state index in [1.807, 2.05) is 18.2 Å². The number of benzene rings is 1. The molecule has 0 aromatic heterocycles. The number of carbonyl (C=O) groups excluding carboxylic acids is 2. The molecule has 0 aliphatic heterocycles. The molecule has 5 heteroatoms. The molecule has 114 valence electrons. The average Bonchev–Trinajstić information content (AvgIpc) is 2.75. The fraction of sp³-hybridized carbons (Fsp3) is 0.500. The molecule has 1 saturated carbocycles. The van der Waals surface area contributed by atoms with Crippen molar-refractivity contribution in [1.82, 2.24) is 10.6 Å². The first-order chi connectivity index (χ1) is 10.2. The molecular formula is C16H23N3O2. The minimum absolute atomic E-state index is 0.00909. The molecule has 1 aromatic carbocycles. The molecule has 3 N–H and O–H groups in total. The lowest BCUT2D eigenvalue weighted by molar-refractivity contribution is -0.120. The molecule has 0 atom stereocenters. The quantitative estimate of drug-likeness (QED) is 0.746. The number of anilines is 1. The number of urea groups is 1. The lowest BCUT2D eigenvalue weighted by Crippen LogP contribution is -2.42. The van der Waals surface area contributed by atoms with Crippen molar-refractivity contribution in [3.8, 4) is 0 Å². The summed E-state index contributed by atoms with van der Waals surface area (Å²) in [7, 11) is 0. The molecule has 0 radical (unpaired) electrons. The third-order valence-electron chi connectivity index (χ3n) is 3.66. The van der Waals surface area contributed by atoms with Gasteiger partial charge < -0.3 is 16.0 Å². The van der Waals surface area contributed by atoms with Gasteiger partial charge in [0.25, 0.3) is 0 Å². The summed E-state index contributed by atoms with van der Waals surface area (Å²) in [5.41, 5.74) is 0.708. The van der Waals surface area contributed by atoms with E-state index in [9.17, 15) is 9.59 Å². The molecule has 1 aliphatic rings. The summed E-state index contributed by atoms with van der Waals surface area (Å²) in [6, 6.07) is 9.05. The standard InChI is InChI=1S/C16H23N3O2/c20-15(18-13-8-4-1-2-5-9-13)12-17-16(21)19-14-10-6-3-7-11-14/h3,6-7,10-11,13H,1-2,4-5,8-9,12H2,(H,18,20)(H2,17,19,21). The van der Waals surface area contributed by atoms with Crippen molar-refractivity contribution in [2.24, 2.45) is 0 Å². The minimum atomic E-state index is -0.364. The molecule has 0 heterocycles. The van der Waals surface area contributed by atoms with Gasteiger partial charge in [-0.1, -0.05) is 43.9 Å². The Morgan fingerprint density at radius 2 is 1.67 bits per heavy atom. The molecule has 3 amide bonds. The summed E-state index contributed by atoms with van der Waals surface area (Å²) < 4.78 is 0. The smallest absolute Gasteiger partial charge is 0.319 e. The topological polar surface area (TPSA) is 70.2 Å². The Balaban J connectivity index is 1.67. The largest absolute Gasteiger partial charge is 0.352 e. The van der Waals surface area contributed by atoms with Crippen LogP contribution in [0.25, 0.3) is 0 Å². The van der Waals surface area contributed by atoms with Gasteiger partial charge in [-0.25, -0.2) is 4.79 Å². The van der Waals surface area contributed by atoms with Gasteiger partial charge in [0, 0.05) is 11.7 Å². The molecular weight excluding hydrogens is 266 g/mol. The number of amides is 3. The number of hydrogen-bond donors (Lipinski definition) is 3. The normalized spacial score (nSPS) is 15.8. The van der Waals surface area contributed by atoms with Gasteiger partial charge in [-0.3, -0.25) is 4.79 Å². The Hall–Kier alpha value is -2.04. The second-order valence-electron chi connectivity index (χ2n) is 5.43. The van der Waals surface area contributed by atoms with E-state index in [0.717, 1.165) is 12.8 Å². The van der Waals surface area contributed by atoms with Gasteiger partial charge in [0.1, 0.15) is 0 Å². The maximum Gasteiger partial charge on any atom is 0.319 e. The van der Waals surface area contributed by atoms with Crippen LogP contribution in [0.3, 0.4) is 0 Å². The second kappa shape index (κ2) is 8.29. The highest BCUT2D eigenvalue weighted by molar-refractivity contribution is 5.92. The molecule has 1 fully saturated rings. The third kappa shape index (κ3) is 5.85. The van der Waals surface area contributed by atoms with Crippen LogP contribution in [0.1, 0.15) is 38.5 Å². The highest BCUT2D eigenvalue weighted by Crippen LogP contribution is 2.16. The molecule has 2 rings (SSSR count). The van der Waals surface area contributed by atoms with Crippen LogP contribution in [0.4, 0.5) is 10.5 Å². The van der Waals surface area contributed by atoms with Gasteiger partial charge in [-0.2, -0.15) is 0 Å². The summed E-state index contributed by atoms with van der Waals surface area (Å²) >= 11 is 0. The molecule has 1 aliphatic carbocycles. The van der Waals surface area contributed by atoms with Gasteiger partial charge in [0.05, 0.1) is 6.54 Å². The first-order valence-corrected chi connectivity index (χ1v) is 7.63. The van der Waals surface area contributed by atoms with Crippen LogP contribution in [-0.4, -0.2) is 24.5 Å². The van der Waals surface area contributed by atoms with E-state index in [4.69, 9.17) is 0 Å². The molecule has 0 spiro atoms. The third-order valence-corrected chi connectivity index (χ3v) is 3.66. The second-order valence-corrected chi connectivity index (χ2v) is 5.43. The summed E-state index contributed by atoms with van der Waals surface area (Å²) in [4.78, 5) is 23.5. The molecule has 0 bridgehead atoms. The summed E-state index contributed by atoms with van der Waals surface area (Å²) in [5, 5.41) is 8.25. The predicted molar refractivity (Wildman–Crippen MR) is 83.1 cm³/mol. The highest BCUT2D eigenvalue weighted by atomic mass is 16.2. The molecule has 0 saturated heterocycles. The monoisotopic (exact) mass is 289 g/mol. The Kier molecular flexibility index (Phi) is 6.06. The first-order valence-electron chi connectivity index (χ1n) is 7.63. The van der Waals surface area contributed by atoms with Crippen molar-refractivity contribution in [3.63, 3.8) is 0 Å². The van der Waals surface area contributed by atoms with Crippen molar-refractivity contribution in [2.75, 3.05) is 11.9 Å². The van der Waals surface area contributed by atoms with E-state index in [0.29, 0.717) is 5.69 Å². The zero-order valence-electron chi connectivity index (χ0n) is 12.2. The average molecular weight is 289 g/mol. The van der Waals surface area contributed by atoms with Crippen LogP contribution in [-0.2, 0) is 4.79 Å². The maximum absolute atomic E-state index is 11.8. The minimum Gasteiger partial charge on any atom is -0.352 e. The Morgan fingerprint density at radius 3 is 2.33 bits per heavy atom. The molecule has 21 heavy (non-hydrogen) atoms. The van der Waals surface area contributed by atoms with Crippen LogP contribution in [0.5, 0.6) is 0 Å². The van der Waals surface area contributed by atoms with Crippen molar-refractivity contribution in [3.05, 3.63) is 30.3 Å². The van der Waals surface area contributed by atoms with E-state index in [1.165, 1.54) is 25.7 Å². The van der Waals surface area contributed by atoms with Crippen molar-refractivity contribution in [1.29, 1.82) is 0 Å².